The molecule has 0 aromatic heterocycles. The third-order valence-electron chi connectivity index (χ3n) is 6.26. The van der Waals surface area contributed by atoms with Gasteiger partial charge in [-0.3, -0.25) is 4.79 Å². The van der Waals surface area contributed by atoms with Crippen molar-refractivity contribution in [1.82, 2.24) is 0 Å². The molecule has 0 bridgehead atoms. The first-order chi connectivity index (χ1) is 13.5. The van der Waals surface area contributed by atoms with Crippen LogP contribution in [0, 0.1) is 19.8 Å². The minimum atomic E-state index is -0.227. The van der Waals surface area contributed by atoms with Gasteiger partial charge in [0, 0.05) is 6.07 Å². The maximum atomic E-state index is 12.8. The van der Waals surface area contributed by atoms with Gasteiger partial charge in [-0.2, -0.15) is 0 Å². The fraction of sp³-hybridized carbons (Fsp3) is 0.480. The maximum absolute atomic E-state index is 12.8. The molecule has 0 radical (unpaired) electrons. The zero-order valence-electron chi connectivity index (χ0n) is 17.2. The van der Waals surface area contributed by atoms with E-state index < -0.39 is 0 Å². The number of benzene rings is 2. The lowest BCUT2D eigenvalue weighted by Gasteiger charge is -2.30. The highest BCUT2D eigenvalue weighted by Gasteiger charge is 2.30. The molecular weight excluding hydrogens is 348 g/mol. The SMILES string of the molecule is CCC1CCCC(Oc2cc(C)c3c(c2)OC(c2ccc(C)cc2)CC3=O)C1. The Morgan fingerprint density at radius 3 is 2.64 bits per heavy atom. The first kappa shape index (κ1) is 19.0. The van der Waals surface area contributed by atoms with Crippen molar-refractivity contribution in [2.45, 2.75) is 71.5 Å². The van der Waals surface area contributed by atoms with E-state index in [1.54, 1.807) is 0 Å². The van der Waals surface area contributed by atoms with Gasteiger partial charge in [0.25, 0.3) is 0 Å². The van der Waals surface area contributed by atoms with Crippen LogP contribution in [0.5, 0.6) is 11.5 Å². The quantitative estimate of drug-likeness (QED) is 0.621. The minimum absolute atomic E-state index is 0.152. The molecule has 0 saturated heterocycles. The summed E-state index contributed by atoms with van der Waals surface area (Å²) in [6.45, 7) is 6.31. The average molecular weight is 379 g/mol. The van der Waals surface area contributed by atoms with Crippen molar-refractivity contribution >= 4 is 5.78 Å². The number of aryl methyl sites for hydroxylation is 2. The molecule has 3 atom stereocenters. The van der Waals surface area contributed by atoms with Crippen LogP contribution in [-0.2, 0) is 0 Å². The fourth-order valence-electron chi connectivity index (χ4n) is 4.59. The summed E-state index contributed by atoms with van der Waals surface area (Å²) in [6, 6.07) is 12.2. The molecule has 148 valence electrons. The van der Waals surface area contributed by atoms with E-state index in [0.717, 1.165) is 35.6 Å². The lowest BCUT2D eigenvalue weighted by Crippen LogP contribution is -2.25. The number of carbonyl (C=O) groups excluding carboxylic acids is 1. The van der Waals surface area contributed by atoms with E-state index in [2.05, 4.69) is 38.1 Å². The molecule has 1 heterocycles. The molecule has 4 rings (SSSR count). The lowest BCUT2D eigenvalue weighted by atomic mass is 9.85. The zero-order chi connectivity index (χ0) is 19.7. The Morgan fingerprint density at radius 2 is 1.89 bits per heavy atom. The molecule has 3 nitrogen and oxygen atoms in total. The fourth-order valence-corrected chi connectivity index (χ4v) is 4.59. The summed E-state index contributed by atoms with van der Waals surface area (Å²) in [5.41, 5.74) is 3.91. The molecule has 3 heteroatoms. The molecular formula is C25H30O3. The summed E-state index contributed by atoms with van der Waals surface area (Å²) in [7, 11) is 0. The second kappa shape index (κ2) is 7.98. The maximum Gasteiger partial charge on any atom is 0.170 e. The van der Waals surface area contributed by atoms with Crippen molar-refractivity contribution in [3.05, 3.63) is 58.7 Å². The summed E-state index contributed by atoms with van der Waals surface area (Å²) < 4.78 is 12.6. The molecule has 0 N–H and O–H groups in total. The third kappa shape index (κ3) is 3.94. The first-order valence-corrected chi connectivity index (χ1v) is 10.6. The van der Waals surface area contributed by atoms with Crippen LogP contribution in [0.1, 0.15) is 78.6 Å². The normalized spacial score (nSPS) is 24.4. The van der Waals surface area contributed by atoms with Gasteiger partial charge in [-0.05, 0) is 56.2 Å². The van der Waals surface area contributed by atoms with Crippen molar-refractivity contribution in [2.24, 2.45) is 5.92 Å². The van der Waals surface area contributed by atoms with Gasteiger partial charge in [-0.25, -0.2) is 0 Å². The van der Waals surface area contributed by atoms with Crippen LogP contribution < -0.4 is 9.47 Å². The first-order valence-electron chi connectivity index (χ1n) is 10.6. The molecule has 2 aliphatic rings. The van der Waals surface area contributed by atoms with Gasteiger partial charge in [-0.15, -0.1) is 0 Å². The van der Waals surface area contributed by atoms with Crippen LogP contribution in [0.15, 0.2) is 36.4 Å². The standard InChI is InChI=1S/C25H30O3/c1-4-18-6-5-7-20(13-18)27-21-12-17(3)25-22(26)15-23(28-24(25)14-21)19-10-8-16(2)9-11-19/h8-12,14,18,20,23H,4-7,13,15H2,1-3H3. The summed E-state index contributed by atoms with van der Waals surface area (Å²) >= 11 is 0. The van der Waals surface area contributed by atoms with E-state index in [4.69, 9.17) is 9.47 Å². The molecule has 1 fully saturated rings. The number of ketones is 1. The largest absolute Gasteiger partial charge is 0.490 e. The van der Waals surface area contributed by atoms with Gasteiger partial charge in [-0.1, -0.05) is 49.6 Å². The van der Waals surface area contributed by atoms with Crippen molar-refractivity contribution in [2.75, 3.05) is 0 Å². The van der Waals surface area contributed by atoms with Crippen LogP contribution in [0.3, 0.4) is 0 Å². The Kier molecular flexibility index (Phi) is 5.43. The Morgan fingerprint density at radius 1 is 1.11 bits per heavy atom. The minimum Gasteiger partial charge on any atom is -0.490 e. The van der Waals surface area contributed by atoms with Crippen LogP contribution in [0.4, 0.5) is 0 Å². The van der Waals surface area contributed by atoms with E-state index in [-0.39, 0.29) is 18.0 Å². The number of hydrogen-bond acceptors (Lipinski definition) is 3. The molecule has 1 aliphatic heterocycles. The summed E-state index contributed by atoms with van der Waals surface area (Å²) in [5, 5.41) is 0. The van der Waals surface area contributed by atoms with Crippen molar-refractivity contribution < 1.29 is 14.3 Å². The number of ether oxygens (including phenoxy) is 2. The lowest BCUT2D eigenvalue weighted by molar-refractivity contribution is 0.0845. The monoisotopic (exact) mass is 378 g/mol. The zero-order valence-corrected chi connectivity index (χ0v) is 17.2. The van der Waals surface area contributed by atoms with E-state index in [0.29, 0.717) is 17.7 Å². The predicted octanol–water partition coefficient (Wildman–Crippen LogP) is 6.36. The molecule has 0 amide bonds. The smallest absolute Gasteiger partial charge is 0.170 e. The van der Waals surface area contributed by atoms with Crippen molar-refractivity contribution in [3.8, 4) is 11.5 Å². The van der Waals surface area contributed by atoms with Gasteiger partial charge in [0.15, 0.2) is 5.78 Å². The molecule has 28 heavy (non-hydrogen) atoms. The Labute approximate surface area is 168 Å². The van der Waals surface area contributed by atoms with Crippen molar-refractivity contribution in [3.63, 3.8) is 0 Å². The number of carbonyl (C=O) groups is 1. The van der Waals surface area contributed by atoms with Gasteiger partial charge in [0.1, 0.15) is 17.6 Å². The van der Waals surface area contributed by atoms with E-state index in [1.807, 2.05) is 19.1 Å². The van der Waals surface area contributed by atoms with E-state index in [9.17, 15) is 4.79 Å². The molecule has 2 aromatic rings. The highest BCUT2D eigenvalue weighted by molar-refractivity contribution is 6.01. The van der Waals surface area contributed by atoms with E-state index in [1.165, 1.54) is 24.8 Å². The predicted molar refractivity (Wildman–Crippen MR) is 111 cm³/mol. The number of fused-ring (bicyclic) bond motifs is 1. The average Bonchev–Trinajstić information content (AvgIpc) is 2.68. The number of rotatable bonds is 4. The molecule has 0 spiro atoms. The van der Waals surface area contributed by atoms with Gasteiger partial charge < -0.3 is 9.47 Å². The topological polar surface area (TPSA) is 35.5 Å². The molecule has 1 saturated carbocycles. The number of Topliss-reactive ketones (excluding diaryl/α,β-unsaturated/α-hetero) is 1. The summed E-state index contributed by atoms with van der Waals surface area (Å²) in [5.74, 6) is 2.41. The third-order valence-corrected chi connectivity index (χ3v) is 6.26. The van der Waals surface area contributed by atoms with Crippen LogP contribution >= 0.6 is 0 Å². The van der Waals surface area contributed by atoms with Crippen LogP contribution in [0.25, 0.3) is 0 Å². The number of hydrogen-bond donors (Lipinski definition) is 0. The van der Waals surface area contributed by atoms with E-state index >= 15 is 0 Å². The van der Waals surface area contributed by atoms with Gasteiger partial charge in [0.2, 0.25) is 0 Å². The van der Waals surface area contributed by atoms with Gasteiger partial charge in [0.05, 0.1) is 18.1 Å². The van der Waals surface area contributed by atoms with Gasteiger partial charge >= 0.3 is 0 Å². The molecule has 3 unspecified atom stereocenters. The second-order valence-electron chi connectivity index (χ2n) is 8.44. The highest BCUT2D eigenvalue weighted by Crippen LogP contribution is 2.40. The molecule has 1 aliphatic carbocycles. The highest BCUT2D eigenvalue weighted by atomic mass is 16.5. The summed E-state index contributed by atoms with van der Waals surface area (Å²) in [6.07, 6.45) is 6.43. The van der Waals surface area contributed by atoms with Crippen molar-refractivity contribution in [1.29, 1.82) is 0 Å². The van der Waals surface area contributed by atoms with Crippen LogP contribution in [-0.4, -0.2) is 11.9 Å². The Bertz CT molecular complexity index is 853. The van der Waals surface area contributed by atoms with Crippen LogP contribution in [0.2, 0.25) is 0 Å². The summed E-state index contributed by atoms with van der Waals surface area (Å²) in [4.78, 5) is 12.8. The molecule has 2 aromatic carbocycles. The Balaban J connectivity index is 1.57. The Hall–Kier alpha value is -2.29. The second-order valence-corrected chi connectivity index (χ2v) is 8.44.